The summed E-state index contributed by atoms with van der Waals surface area (Å²) < 4.78 is 26.6. The van der Waals surface area contributed by atoms with Crippen LogP contribution < -0.4 is 14.8 Å². The first-order valence-electron chi connectivity index (χ1n) is 10.6. The van der Waals surface area contributed by atoms with Gasteiger partial charge < -0.3 is 34.1 Å². The quantitative estimate of drug-likeness (QED) is 0.371. The predicted molar refractivity (Wildman–Crippen MR) is 120 cm³/mol. The maximum atomic E-state index is 9.71. The molecule has 31 heavy (non-hydrogen) atoms. The van der Waals surface area contributed by atoms with Gasteiger partial charge in [0.25, 0.3) is 0 Å². The van der Waals surface area contributed by atoms with E-state index in [0.717, 1.165) is 29.0 Å². The Morgan fingerprint density at radius 2 is 1.32 bits per heavy atom. The van der Waals surface area contributed by atoms with Gasteiger partial charge in [0.15, 0.2) is 0 Å². The lowest BCUT2D eigenvalue weighted by Crippen LogP contribution is -2.34. The summed E-state index contributed by atoms with van der Waals surface area (Å²) in [6.07, 6.45) is 0.735. The molecule has 0 radical (unpaired) electrons. The Balaban J connectivity index is 1.63. The van der Waals surface area contributed by atoms with Crippen molar-refractivity contribution in [2.24, 2.45) is 0 Å². The lowest BCUT2D eigenvalue weighted by atomic mass is 10.1. The smallest absolute Gasteiger partial charge is 0.119 e. The zero-order valence-electron chi connectivity index (χ0n) is 18.5. The van der Waals surface area contributed by atoms with Crippen LogP contribution in [0, 0.1) is 0 Å². The van der Waals surface area contributed by atoms with E-state index in [9.17, 15) is 5.11 Å². The molecule has 0 amide bonds. The van der Waals surface area contributed by atoms with Crippen LogP contribution in [-0.4, -0.2) is 71.6 Å². The summed E-state index contributed by atoms with van der Waals surface area (Å²) in [4.78, 5) is 0. The third-order valence-electron chi connectivity index (χ3n) is 4.68. The summed E-state index contributed by atoms with van der Waals surface area (Å²) >= 11 is 0. The lowest BCUT2D eigenvalue weighted by molar-refractivity contribution is 0.0180. The second-order valence-corrected chi connectivity index (χ2v) is 7.02. The van der Waals surface area contributed by atoms with Gasteiger partial charge in [-0.15, -0.1) is 0 Å². The van der Waals surface area contributed by atoms with Gasteiger partial charge in [0.1, 0.15) is 18.1 Å². The molecule has 0 heterocycles. The van der Waals surface area contributed by atoms with Crippen molar-refractivity contribution < 1.29 is 28.8 Å². The summed E-state index contributed by atoms with van der Waals surface area (Å²) in [6.45, 7) is 4.02. The lowest BCUT2D eigenvalue weighted by Gasteiger charge is -2.17. The summed E-state index contributed by atoms with van der Waals surface area (Å²) in [7, 11) is 3.30. The van der Waals surface area contributed by atoms with Crippen molar-refractivity contribution in [3.63, 3.8) is 0 Å². The van der Waals surface area contributed by atoms with Crippen LogP contribution >= 0.6 is 0 Å². The molecule has 0 aliphatic rings. The molecule has 0 aliphatic heterocycles. The third kappa shape index (κ3) is 10.6. The summed E-state index contributed by atoms with van der Waals surface area (Å²) in [5.74, 6) is 1.64. The molecule has 0 bridgehead atoms. The Hall–Kier alpha value is -2.16. The van der Waals surface area contributed by atoms with Crippen molar-refractivity contribution in [1.29, 1.82) is 0 Å². The fourth-order valence-corrected chi connectivity index (χ4v) is 2.90. The van der Waals surface area contributed by atoms with E-state index in [1.807, 2.05) is 48.5 Å². The van der Waals surface area contributed by atoms with Crippen LogP contribution in [0.4, 0.5) is 0 Å². The van der Waals surface area contributed by atoms with E-state index in [-0.39, 0.29) is 12.6 Å². The van der Waals surface area contributed by atoms with Gasteiger partial charge >= 0.3 is 0 Å². The average molecular weight is 434 g/mol. The van der Waals surface area contributed by atoms with Crippen LogP contribution in [0.3, 0.4) is 0 Å². The molecule has 2 aromatic rings. The van der Waals surface area contributed by atoms with E-state index in [1.165, 1.54) is 0 Å². The number of nitrogens with one attached hydrogen (secondary N) is 1. The molecule has 1 unspecified atom stereocenters. The number of hydrogen-bond acceptors (Lipinski definition) is 7. The van der Waals surface area contributed by atoms with Crippen molar-refractivity contribution >= 4 is 0 Å². The number of methoxy groups -OCH3 is 2. The monoisotopic (exact) mass is 433 g/mol. The number of hydrogen-bond donors (Lipinski definition) is 2. The molecule has 7 nitrogen and oxygen atoms in total. The van der Waals surface area contributed by atoms with Gasteiger partial charge in [0, 0.05) is 19.7 Å². The number of ether oxygens (including phenoxy) is 5. The Labute approximate surface area is 185 Å². The maximum absolute atomic E-state index is 9.71. The van der Waals surface area contributed by atoms with Crippen LogP contribution in [0.1, 0.15) is 11.1 Å². The Morgan fingerprint density at radius 3 is 1.94 bits per heavy atom. The normalized spacial score (nSPS) is 12.0. The van der Waals surface area contributed by atoms with Crippen LogP contribution in [0.2, 0.25) is 0 Å². The van der Waals surface area contributed by atoms with Crippen LogP contribution in [0.5, 0.6) is 11.5 Å². The summed E-state index contributed by atoms with van der Waals surface area (Å²) in [5.41, 5.74) is 2.28. The van der Waals surface area contributed by atoms with E-state index >= 15 is 0 Å². The molecule has 0 spiro atoms. The van der Waals surface area contributed by atoms with Crippen molar-refractivity contribution in [1.82, 2.24) is 5.32 Å². The van der Waals surface area contributed by atoms with E-state index in [0.29, 0.717) is 46.2 Å². The minimum absolute atomic E-state index is 0.0200. The molecule has 2 aromatic carbocycles. The van der Waals surface area contributed by atoms with Crippen molar-refractivity contribution in [2.45, 2.75) is 19.0 Å². The highest BCUT2D eigenvalue weighted by Crippen LogP contribution is 2.14. The first-order chi connectivity index (χ1) is 15.2. The van der Waals surface area contributed by atoms with E-state index < -0.39 is 0 Å². The minimum atomic E-state index is -0.0200. The maximum Gasteiger partial charge on any atom is 0.119 e. The molecule has 172 valence electrons. The SMILES string of the molecule is COCCOCCOCCOc1ccc(CC(CO)NCc2ccc(OC)cc2)cc1. The standard InChI is InChI=1S/C24H35NO6/c1-27-11-12-29-13-14-30-15-16-31-24-9-3-20(4-10-24)17-22(19-26)25-18-21-5-7-23(28-2)8-6-21/h3-10,22,25-26H,11-19H2,1-2H3. The third-order valence-corrected chi connectivity index (χ3v) is 4.68. The van der Waals surface area contributed by atoms with Crippen molar-refractivity contribution in [2.75, 3.05) is 60.5 Å². The van der Waals surface area contributed by atoms with Gasteiger partial charge in [-0.25, -0.2) is 0 Å². The Bertz CT molecular complexity index is 692. The molecule has 0 fully saturated rings. The molecule has 2 N–H and O–H groups in total. The van der Waals surface area contributed by atoms with Crippen LogP contribution in [0.25, 0.3) is 0 Å². The van der Waals surface area contributed by atoms with E-state index in [2.05, 4.69) is 5.32 Å². The Morgan fingerprint density at radius 1 is 0.742 bits per heavy atom. The topological polar surface area (TPSA) is 78.4 Å². The molecule has 0 saturated carbocycles. The average Bonchev–Trinajstić information content (AvgIpc) is 2.82. The highest BCUT2D eigenvalue weighted by molar-refractivity contribution is 5.28. The Kier molecular flexibility index (Phi) is 12.6. The van der Waals surface area contributed by atoms with E-state index in [4.69, 9.17) is 23.7 Å². The van der Waals surface area contributed by atoms with Crippen LogP contribution in [-0.2, 0) is 27.2 Å². The number of aliphatic hydroxyl groups excluding tert-OH is 1. The van der Waals surface area contributed by atoms with Crippen LogP contribution in [0.15, 0.2) is 48.5 Å². The highest BCUT2D eigenvalue weighted by atomic mass is 16.6. The highest BCUT2D eigenvalue weighted by Gasteiger charge is 2.08. The second-order valence-electron chi connectivity index (χ2n) is 7.02. The zero-order chi connectivity index (χ0) is 22.2. The number of aliphatic hydroxyl groups is 1. The van der Waals surface area contributed by atoms with Gasteiger partial charge in [-0.3, -0.25) is 0 Å². The number of rotatable bonds is 17. The summed E-state index contributed by atoms with van der Waals surface area (Å²) in [5, 5.41) is 13.1. The zero-order valence-corrected chi connectivity index (χ0v) is 18.5. The fourth-order valence-electron chi connectivity index (χ4n) is 2.90. The molecule has 0 aliphatic carbocycles. The van der Waals surface area contributed by atoms with Gasteiger partial charge in [-0.05, 0) is 41.8 Å². The molecule has 7 heteroatoms. The van der Waals surface area contributed by atoms with Gasteiger partial charge in [0.2, 0.25) is 0 Å². The largest absolute Gasteiger partial charge is 0.497 e. The fraction of sp³-hybridized carbons (Fsp3) is 0.500. The van der Waals surface area contributed by atoms with Gasteiger partial charge in [0.05, 0.1) is 46.8 Å². The first kappa shape index (κ1) is 25.1. The number of benzene rings is 2. The predicted octanol–water partition coefficient (Wildman–Crippen LogP) is 2.45. The van der Waals surface area contributed by atoms with Crippen molar-refractivity contribution in [3.05, 3.63) is 59.7 Å². The van der Waals surface area contributed by atoms with Gasteiger partial charge in [-0.1, -0.05) is 24.3 Å². The summed E-state index contributed by atoms with van der Waals surface area (Å²) in [6, 6.07) is 15.8. The molecule has 1 atom stereocenters. The minimum Gasteiger partial charge on any atom is -0.497 e. The second kappa shape index (κ2) is 15.6. The van der Waals surface area contributed by atoms with Crippen molar-refractivity contribution in [3.8, 4) is 11.5 Å². The molecular weight excluding hydrogens is 398 g/mol. The van der Waals surface area contributed by atoms with Gasteiger partial charge in [-0.2, -0.15) is 0 Å². The molecule has 2 rings (SSSR count). The molecular formula is C24H35NO6. The molecule has 0 aromatic heterocycles. The first-order valence-corrected chi connectivity index (χ1v) is 10.6. The van der Waals surface area contributed by atoms with E-state index in [1.54, 1.807) is 14.2 Å². The molecule has 0 saturated heterocycles.